The molecule has 0 radical (unpaired) electrons. The van der Waals surface area contributed by atoms with Crippen LogP contribution in [-0.2, 0) is 30.4 Å². The Morgan fingerprint density at radius 3 is 2.55 bits per heavy atom. The van der Waals surface area contributed by atoms with E-state index in [2.05, 4.69) is 16.0 Å². The lowest BCUT2D eigenvalue weighted by Gasteiger charge is -2.36. The summed E-state index contributed by atoms with van der Waals surface area (Å²) in [5.74, 6) is -2.63. The van der Waals surface area contributed by atoms with E-state index in [0.29, 0.717) is 44.2 Å². The summed E-state index contributed by atoms with van der Waals surface area (Å²) >= 11 is 0. The van der Waals surface area contributed by atoms with Gasteiger partial charge in [-0.2, -0.15) is 0 Å². The molecule has 0 saturated carbocycles. The van der Waals surface area contributed by atoms with E-state index in [1.165, 1.54) is 30.0 Å². The average Bonchev–Trinajstić information content (AvgIpc) is 3.40. The number of benzene rings is 1. The van der Waals surface area contributed by atoms with Gasteiger partial charge in [-0.1, -0.05) is 31.9 Å². The standard InChI is InChI=1S/C29H41FN4O6/c1-4-29(3)28(40)32-22(17-19-10-8-11-20(30)16-19)27(39)34-15-9-13-23(34)26(38)31-21(25(37)33-29)12-6-5-7-14-24(36)18(2)35/h8,10-11,16,18,21-23,35H,4-7,9,12-15,17H2,1-3H3,(H,31,38)(H,32,40)(H,33,37)/t18-,21+,22+,23-,29+/m1/s1. The Hall–Kier alpha value is -3.34. The maximum Gasteiger partial charge on any atom is 0.246 e. The highest BCUT2D eigenvalue weighted by molar-refractivity contribution is 5.99. The zero-order valence-corrected chi connectivity index (χ0v) is 23.5. The van der Waals surface area contributed by atoms with Crippen molar-refractivity contribution in [1.82, 2.24) is 20.9 Å². The smallest absolute Gasteiger partial charge is 0.246 e. The monoisotopic (exact) mass is 560 g/mol. The van der Waals surface area contributed by atoms with Crippen LogP contribution in [0, 0.1) is 5.82 Å². The van der Waals surface area contributed by atoms with Crippen LogP contribution in [0.4, 0.5) is 4.39 Å². The Balaban J connectivity index is 1.83. The maximum atomic E-state index is 13.9. The van der Waals surface area contributed by atoms with Crippen LogP contribution >= 0.6 is 0 Å². The van der Waals surface area contributed by atoms with Gasteiger partial charge in [-0.3, -0.25) is 24.0 Å². The zero-order valence-electron chi connectivity index (χ0n) is 23.5. The molecule has 1 aromatic rings. The van der Waals surface area contributed by atoms with E-state index in [0.717, 1.165) is 0 Å². The number of hydrogen-bond acceptors (Lipinski definition) is 6. The number of fused-ring (bicyclic) bond motifs is 1. The molecule has 0 spiro atoms. The lowest BCUT2D eigenvalue weighted by Crippen LogP contribution is -2.65. The SMILES string of the molecule is CC[C@]1(C)NC(=O)[C@H](CCCCCC(=O)[C@@H](C)O)NC(=O)[C@H]2CCCN2C(=O)[C@H](Cc2cccc(F)c2)NC1=O. The molecule has 2 aliphatic rings. The van der Waals surface area contributed by atoms with Crippen molar-refractivity contribution >= 4 is 29.4 Å². The van der Waals surface area contributed by atoms with Crippen LogP contribution < -0.4 is 16.0 Å². The van der Waals surface area contributed by atoms with Crippen molar-refractivity contribution in [3.63, 3.8) is 0 Å². The fraction of sp³-hybridized carbons (Fsp3) is 0.621. The average molecular weight is 561 g/mol. The van der Waals surface area contributed by atoms with Gasteiger partial charge in [0.15, 0.2) is 5.78 Å². The van der Waals surface area contributed by atoms with Gasteiger partial charge in [0, 0.05) is 19.4 Å². The predicted molar refractivity (Wildman–Crippen MR) is 145 cm³/mol. The van der Waals surface area contributed by atoms with Crippen molar-refractivity contribution in [1.29, 1.82) is 0 Å². The number of carbonyl (C=O) groups excluding carboxylic acids is 5. The molecule has 4 N–H and O–H groups in total. The maximum absolute atomic E-state index is 13.9. The lowest BCUT2D eigenvalue weighted by atomic mass is 9.94. The third-order valence-electron chi connectivity index (χ3n) is 7.89. The molecular formula is C29H41FN4O6. The summed E-state index contributed by atoms with van der Waals surface area (Å²) in [6, 6.07) is 3.01. The highest BCUT2D eigenvalue weighted by atomic mass is 19.1. The molecular weight excluding hydrogens is 519 g/mol. The molecule has 1 aromatic carbocycles. The van der Waals surface area contributed by atoms with Crippen molar-refractivity contribution in [2.45, 2.75) is 108 Å². The highest BCUT2D eigenvalue weighted by Crippen LogP contribution is 2.22. The van der Waals surface area contributed by atoms with Crippen LogP contribution in [0.3, 0.4) is 0 Å². The van der Waals surface area contributed by atoms with Crippen LogP contribution in [0.25, 0.3) is 0 Å². The minimum Gasteiger partial charge on any atom is -0.386 e. The summed E-state index contributed by atoms with van der Waals surface area (Å²) in [5.41, 5.74) is -0.850. The number of hydrogen-bond donors (Lipinski definition) is 4. The van der Waals surface area contributed by atoms with Gasteiger partial charge in [0.25, 0.3) is 0 Å². The second-order valence-electron chi connectivity index (χ2n) is 11.0. The minimum absolute atomic E-state index is 0.0289. The molecule has 2 fully saturated rings. The van der Waals surface area contributed by atoms with Crippen LogP contribution in [-0.4, -0.2) is 75.7 Å². The number of nitrogens with one attached hydrogen (secondary N) is 3. The molecule has 10 nitrogen and oxygen atoms in total. The number of ketones is 1. The first-order chi connectivity index (χ1) is 18.9. The highest BCUT2D eigenvalue weighted by Gasteiger charge is 2.43. The van der Waals surface area contributed by atoms with E-state index in [4.69, 9.17) is 0 Å². The van der Waals surface area contributed by atoms with E-state index in [9.17, 15) is 33.5 Å². The van der Waals surface area contributed by atoms with Crippen molar-refractivity contribution < 1.29 is 33.5 Å². The molecule has 3 rings (SSSR count). The molecule has 40 heavy (non-hydrogen) atoms. The Morgan fingerprint density at radius 1 is 1.12 bits per heavy atom. The van der Waals surface area contributed by atoms with Crippen LogP contribution in [0.15, 0.2) is 24.3 Å². The Bertz CT molecular complexity index is 1110. The number of Topliss-reactive ketones (excluding diaryl/α,β-unsaturated/α-hetero) is 1. The number of rotatable bonds is 10. The van der Waals surface area contributed by atoms with Gasteiger partial charge in [0.05, 0.1) is 0 Å². The third kappa shape index (κ3) is 7.87. The van der Waals surface area contributed by atoms with Gasteiger partial charge >= 0.3 is 0 Å². The molecule has 220 valence electrons. The number of aliphatic hydroxyl groups is 1. The van der Waals surface area contributed by atoms with Crippen LogP contribution in [0.5, 0.6) is 0 Å². The second-order valence-corrected chi connectivity index (χ2v) is 11.0. The molecule has 5 atom stereocenters. The number of nitrogens with zero attached hydrogens (tertiary/aromatic N) is 1. The topological polar surface area (TPSA) is 145 Å². The van der Waals surface area contributed by atoms with Crippen molar-refractivity contribution in [2.75, 3.05) is 6.54 Å². The molecule has 0 unspecified atom stereocenters. The Kier molecular flexibility index (Phi) is 10.8. The molecule has 2 saturated heterocycles. The van der Waals surface area contributed by atoms with Gasteiger partial charge in [-0.25, -0.2) is 4.39 Å². The van der Waals surface area contributed by atoms with Crippen LogP contribution in [0.2, 0.25) is 0 Å². The van der Waals surface area contributed by atoms with Crippen LogP contribution in [0.1, 0.15) is 77.7 Å². The van der Waals surface area contributed by atoms with E-state index in [1.807, 2.05) is 0 Å². The molecule has 0 aliphatic carbocycles. The summed E-state index contributed by atoms with van der Waals surface area (Å²) in [5, 5.41) is 17.7. The van der Waals surface area contributed by atoms with Gasteiger partial charge in [0.2, 0.25) is 23.6 Å². The summed E-state index contributed by atoms with van der Waals surface area (Å²) in [7, 11) is 0. The van der Waals surface area contributed by atoms with Crippen molar-refractivity contribution in [3.05, 3.63) is 35.6 Å². The number of unbranched alkanes of at least 4 members (excludes halogenated alkanes) is 2. The first-order valence-electron chi connectivity index (χ1n) is 14.1. The molecule has 0 aromatic heterocycles. The fourth-order valence-corrected chi connectivity index (χ4v) is 5.16. The molecule has 4 amide bonds. The number of aliphatic hydroxyl groups excluding tert-OH is 1. The summed E-state index contributed by atoms with van der Waals surface area (Å²) < 4.78 is 13.9. The van der Waals surface area contributed by atoms with E-state index >= 15 is 0 Å². The van der Waals surface area contributed by atoms with Crippen molar-refractivity contribution in [3.8, 4) is 0 Å². The van der Waals surface area contributed by atoms with Gasteiger partial charge in [-0.05, 0) is 63.6 Å². The van der Waals surface area contributed by atoms with Gasteiger partial charge in [0.1, 0.15) is 35.6 Å². The minimum atomic E-state index is -1.37. The predicted octanol–water partition coefficient (Wildman–Crippen LogP) is 1.53. The van der Waals surface area contributed by atoms with Crippen molar-refractivity contribution in [2.24, 2.45) is 0 Å². The molecule has 0 bridgehead atoms. The van der Waals surface area contributed by atoms with E-state index in [1.54, 1.807) is 19.9 Å². The first-order valence-corrected chi connectivity index (χ1v) is 14.1. The summed E-state index contributed by atoms with van der Waals surface area (Å²) in [4.78, 5) is 67.1. The fourth-order valence-electron chi connectivity index (χ4n) is 5.16. The summed E-state index contributed by atoms with van der Waals surface area (Å²) in [6.07, 6.45) is 2.43. The first kappa shape index (κ1) is 31.2. The Morgan fingerprint density at radius 2 is 1.88 bits per heavy atom. The number of amides is 4. The van der Waals surface area contributed by atoms with Gasteiger partial charge in [-0.15, -0.1) is 0 Å². The number of carbonyl (C=O) groups is 5. The summed E-state index contributed by atoms with van der Waals surface area (Å²) in [6.45, 7) is 5.05. The Labute approximate surface area is 234 Å². The number of halogens is 1. The third-order valence-corrected chi connectivity index (χ3v) is 7.89. The zero-order chi connectivity index (χ0) is 29.4. The second kappa shape index (κ2) is 13.8. The molecule has 2 heterocycles. The largest absolute Gasteiger partial charge is 0.386 e. The molecule has 2 aliphatic heterocycles. The van der Waals surface area contributed by atoms with Gasteiger partial charge < -0.3 is 26.0 Å². The van der Waals surface area contributed by atoms with E-state index in [-0.39, 0.29) is 31.5 Å². The normalized spacial score (nSPS) is 26.6. The molecule has 11 heteroatoms. The lowest BCUT2D eigenvalue weighted by molar-refractivity contribution is -0.144. The van der Waals surface area contributed by atoms with E-state index < -0.39 is 59.2 Å². The quantitative estimate of drug-likeness (QED) is 0.320.